The maximum Gasteiger partial charge on any atom is 0.408 e. The van der Waals surface area contributed by atoms with Crippen molar-refractivity contribution in [1.82, 2.24) is 52.5 Å². The topological polar surface area (TPSA) is 361 Å². The number of carbonyl (C=O) groups excluding carboxylic acids is 8. The maximum absolute atomic E-state index is 15.0. The van der Waals surface area contributed by atoms with Gasteiger partial charge >= 0.3 is 18.2 Å². The fraction of sp³-hybridized carbons (Fsp3) is 0.456. The molecule has 1 fully saturated rings. The number of rotatable bonds is 16. The second kappa shape index (κ2) is 29.3. The van der Waals surface area contributed by atoms with Crippen molar-refractivity contribution in [3.8, 4) is 5.75 Å². The van der Waals surface area contributed by atoms with Crippen molar-refractivity contribution < 1.29 is 67.9 Å². The number of aliphatic hydroxyl groups is 1. The van der Waals surface area contributed by atoms with Crippen LogP contribution in [0.25, 0.3) is 21.8 Å². The number of carboxylic acid groups (broad SMARTS) is 1. The number of fused-ring (bicyclic) bond motifs is 2. The third-order valence-electron chi connectivity index (χ3n) is 12.9. The third kappa shape index (κ3) is 19.9. The van der Waals surface area contributed by atoms with E-state index in [1.54, 1.807) is 78.2 Å². The number of aromatic amines is 2. The van der Waals surface area contributed by atoms with E-state index in [1.165, 1.54) is 31.2 Å². The largest absolute Gasteiger partial charge is 0.508 e. The fourth-order valence-corrected chi connectivity index (χ4v) is 11.2. The van der Waals surface area contributed by atoms with Crippen LogP contribution in [-0.2, 0) is 62.3 Å². The molecule has 8 atom stereocenters. The molecule has 83 heavy (non-hydrogen) atoms. The van der Waals surface area contributed by atoms with Crippen molar-refractivity contribution in [1.29, 1.82) is 0 Å². The molecular weight excluding hydrogens is 1110 g/mol. The van der Waals surface area contributed by atoms with Gasteiger partial charge in [-0.25, -0.2) is 14.4 Å². The van der Waals surface area contributed by atoms with Gasteiger partial charge in [0.15, 0.2) is 0 Å². The lowest BCUT2D eigenvalue weighted by Crippen LogP contribution is -2.62. The molecular formula is C57H74N10O14S2. The number of aromatic nitrogens is 2. The first-order valence-corrected chi connectivity index (χ1v) is 29.5. The zero-order valence-electron chi connectivity index (χ0n) is 47.2. The van der Waals surface area contributed by atoms with Crippen molar-refractivity contribution in [3.05, 3.63) is 102 Å². The molecule has 0 bridgehead atoms. The summed E-state index contributed by atoms with van der Waals surface area (Å²) in [7, 11) is 1.83. The standard InChI is InChI=1S/C57H74N10O14S2/c1-31(68)46-52(75)65-45(53(76)77)30-83-82-29-44(64-50(73)43(66-55(79)81-57(5,6)7)26-34-28-60-39-17-11-9-15-37(34)39)51(74)62-41(24-32-19-21-35(69)22-20-32)48(71)63-42(25-33-27-59-38-16-10-8-14-36(33)38)49(72)61-40(47(70)67-46)18-12-13-23-58-54(78)80-56(2,3)4/h8-11,14-17,19-22,27-28,31,40-46,59-60,68-69H,12-13,18,23-26,29-30H2,1-7H3,(H,58,78)(H,61,72)(H,62,74)(H,63,71)(H,64,73)(H,65,75)(H,66,79)(H,67,70)(H,76,77)/t31-,40+,41+,42-,43-,44+,45+,46+/m1/s1. The van der Waals surface area contributed by atoms with Gasteiger partial charge in [0.25, 0.3) is 0 Å². The highest BCUT2D eigenvalue weighted by Crippen LogP contribution is 2.25. The van der Waals surface area contributed by atoms with Crippen molar-refractivity contribution >= 4 is 97.0 Å². The molecule has 2 aromatic heterocycles. The molecule has 0 saturated carbocycles. The van der Waals surface area contributed by atoms with Gasteiger partial charge in [0.05, 0.1) is 6.10 Å². The predicted octanol–water partition coefficient (Wildman–Crippen LogP) is 3.74. The Hall–Kier alpha value is -7.97. The van der Waals surface area contributed by atoms with Gasteiger partial charge in [-0.05, 0) is 109 Å². The first-order valence-electron chi connectivity index (χ1n) is 27.0. The van der Waals surface area contributed by atoms with Gasteiger partial charge in [0, 0.05) is 71.5 Å². The number of phenolic OH excluding ortho intramolecular Hbond substituents is 1. The zero-order valence-corrected chi connectivity index (χ0v) is 48.8. The Morgan fingerprint density at radius 3 is 1.81 bits per heavy atom. The highest BCUT2D eigenvalue weighted by molar-refractivity contribution is 8.76. The Bertz CT molecular complexity index is 3100. The highest BCUT2D eigenvalue weighted by atomic mass is 33.1. The number of H-pyrrole nitrogens is 2. The maximum atomic E-state index is 15.0. The Labute approximate surface area is 487 Å². The number of phenols is 1. The summed E-state index contributed by atoms with van der Waals surface area (Å²) >= 11 is 0. The number of hydrogen-bond donors (Lipinski definition) is 13. The first kappa shape index (κ1) is 64.2. The van der Waals surface area contributed by atoms with E-state index in [9.17, 15) is 53.7 Å². The van der Waals surface area contributed by atoms with Crippen LogP contribution < -0.4 is 42.5 Å². The molecule has 1 aliphatic rings. The van der Waals surface area contributed by atoms with Crippen molar-refractivity contribution in [2.24, 2.45) is 0 Å². The van der Waals surface area contributed by atoms with E-state index in [-0.39, 0.29) is 62.3 Å². The molecule has 6 rings (SSSR count). The van der Waals surface area contributed by atoms with E-state index in [2.05, 4.69) is 52.5 Å². The molecule has 24 nitrogen and oxygen atoms in total. The molecule has 448 valence electrons. The Morgan fingerprint density at radius 2 is 1.19 bits per heavy atom. The minimum absolute atomic E-state index is 0.0862. The molecule has 26 heteroatoms. The highest BCUT2D eigenvalue weighted by Gasteiger charge is 2.37. The van der Waals surface area contributed by atoms with Gasteiger partial charge < -0.3 is 77.3 Å². The van der Waals surface area contributed by atoms with Crippen LogP contribution in [0.5, 0.6) is 5.75 Å². The summed E-state index contributed by atoms with van der Waals surface area (Å²) < 4.78 is 10.8. The number of ether oxygens (including phenoxy) is 2. The van der Waals surface area contributed by atoms with Crippen LogP contribution in [0.2, 0.25) is 0 Å². The van der Waals surface area contributed by atoms with Gasteiger partial charge in [-0.3, -0.25) is 28.8 Å². The number of aliphatic carboxylic acids is 1. The molecule has 3 heterocycles. The minimum atomic E-state index is -1.75. The van der Waals surface area contributed by atoms with E-state index < -0.39 is 113 Å². The molecule has 5 aromatic rings. The van der Waals surface area contributed by atoms with Crippen LogP contribution in [0.3, 0.4) is 0 Å². The van der Waals surface area contributed by atoms with Crippen LogP contribution >= 0.6 is 21.6 Å². The van der Waals surface area contributed by atoms with Gasteiger partial charge in [0.2, 0.25) is 35.4 Å². The summed E-state index contributed by atoms with van der Waals surface area (Å²) in [6.45, 7) is 11.4. The van der Waals surface area contributed by atoms with E-state index in [0.29, 0.717) is 27.6 Å². The summed E-state index contributed by atoms with van der Waals surface area (Å²) in [6.07, 6.45) is -0.0134. The van der Waals surface area contributed by atoms with Crippen LogP contribution in [0.1, 0.15) is 84.4 Å². The number of hydrogen-bond acceptors (Lipinski definition) is 15. The lowest BCUT2D eigenvalue weighted by atomic mass is 10.0. The van der Waals surface area contributed by atoms with Crippen molar-refractivity contribution in [3.63, 3.8) is 0 Å². The quantitative estimate of drug-likeness (QED) is 0.0494. The molecule has 0 aliphatic carbocycles. The van der Waals surface area contributed by atoms with Crippen molar-refractivity contribution in [2.75, 3.05) is 18.1 Å². The zero-order chi connectivity index (χ0) is 60.6. The normalized spacial score (nSPS) is 20.7. The number of alkyl carbamates (subject to hydrolysis) is 2. The number of unbranched alkanes of at least 4 members (excludes halogenated alkanes) is 1. The third-order valence-corrected chi connectivity index (χ3v) is 15.4. The number of carbonyl (C=O) groups is 9. The molecule has 0 spiro atoms. The smallest absolute Gasteiger partial charge is 0.408 e. The van der Waals surface area contributed by atoms with E-state index in [4.69, 9.17) is 9.47 Å². The fourth-order valence-electron chi connectivity index (χ4n) is 8.83. The van der Waals surface area contributed by atoms with Crippen LogP contribution in [0.4, 0.5) is 9.59 Å². The summed E-state index contributed by atoms with van der Waals surface area (Å²) in [5, 5.41) is 54.0. The predicted molar refractivity (Wildman–Crippen MR) is 313 cm³/mol. The van der Waals surface area contributed by atoms with E-state index in [1.807, 2.05) is 24.3 Å². The Morgan fingerprint density at radius 1 is 0.651 bits per heavy atom. The number of aliphatic hydroxyl groups excluding tert-OH is 1. The van der Waals surface area contributed by atoms with Crippen molar-refractivity contribution in [2.45, 2.75) is 147 Å². The SMILES string of the molecule is C[C@@H](O)[C@@H]1NC(=O)[C@H](CCCCNC(=O)OC(C)(C)C)NC(=O)[C@@H](Cc2c[nH]c3ccccc23)NC(=O)[C@H](Cc2ccc(O)cc2)NC(=O)[C@@H](NC(=O)[C@@H](Cc2c[nH]c3ccccc23)NC(=O)OC(C)(C)C)CSSC[C@@H](C(=O)O)NC1=O. The number of carboxylic acids is 1. The van der Waals surface area contributed by atoms with E-state index >= 15 is 4.79 Å². The van der Waals surface area contributed by atoms with E-state index in [0.717, 1.165) is 32.5 Å². The molecule has 8 amide bonds. The number of benzene rings is 3. The van der Waals surface area contributed by atoms with Crippen LogP contribution in [0.15, 0.2) is 85.2 Å². The summed E-state index contributed by atoms with van der Waals surface area (Å²) in [5.41, 5.74) is 1.38. The molecule has 1 aliphatic heterocycles. The monoisotopic (exact) mass is 1190 g/mol. The van der Waals surface area contributed by atoms with Gasteiger partial charge in [0.1, 0.15) is 59.2 Å². The summed E-state index contributed by atoms with van der Waals surface area (Å²) in [6, 6.07) is 9.56. The number of para-hydroxylation sites is 2. The Kier molecular flexibility index (Phi) is 22.7. The molecule has 0 unspecified atom stereocenters. The molecule has 1 saturated heterocycles. The Balaban J connectivity index is 1.39. The molecule has 13 N–H and O–H groups in total. The lowest BCUT2D eigenvalue weighted by Gasteiger charge is -2.29. The number of amides is 8. The van der Waals surface area contributed by atoms with Gasteiger partial charge in [-0.2, -0.15) is 0 Å². The lowest BCUT2D eigenvalue weighted by molar-refractivity contribution is -0.142. The number of aromatic hydroxyl groups is 1. The molecule has 3 aromatic carbocycles. The number of nitrogens with one attached hydrogen (secondary N) is 10. The second-order valence-electron chi connectivity index (χ2n) is 22.1. The minimum Gasteiger partial charge on any atom is -0.508 e. The van der Waals surface area contributed by atoms with Gasteiger partial charge in [-0.15, -0.1) is 0 Å². The average Bonchev–Trinajstić information content (AvgIpc) is 4.16. The summed E-state index contributed by atoms with van der Waals surface area (Å²) in [4.78, 5) is 133. The average molecular weight is 1190 g/mol. The van der Waals surface area contributed by atoms with Crippen LogP contribution in [-0.4, -0.2) is 157 Å². The summed E-state index contributed by atoms with van der Waals surface area (Å²) in [5.74, 6) is -7.78. The van der Waals surface area contributed by atoms with Crippen LogP contribution in [0, 0.1) is 0 Å². The second-order valence-corrected chi connectivity index (χ2v) is 24.6. The van der Waals surface area contributed by atoms with Gasteiger partial charge in [-0.1, -0.05) is 70.1 Å². The first-order chi connectivity index (χ1) is 39.2. The molecule has 0 radical (unpaired) electrons.